The number of alkyl halides is 6. The molecule has 1 aromatic heterocycles. The van der Waals surface area contributed by atoms with E-state index >= 15 is 0 Å². The molecule has 2 atom stereocenters. The Balaban J connectivity index is 1.45. The third-order valence-corrected chi connectivity index (χ3v) is 10.9. The molecule has 10 nitrogen and oxygen atoms in total. The van der Waals surface area contributed by atoms with Gasteiger partial charge in [-0.3, -0.25) is 19.3 Å². The predicted octanol–water partition coefficient (Wildman–Crippen LogP) is 7.77. The number of para-hydroxylation sites is 2. The molecule has 1 saturated heterocycles. The molecule has 1 N–H and O–H groups in total. The van der Waals surface area contributed by atoms with Crippen LogP contribution in [0.25, 0.3) is 10.2 Å². The first kappa shape index (κ1) is 38.0. The van der Waals surface area contributed by atoms with E-state index in [1.54, 1.807) is 37.3 Å². The van der Waals surface area contributed by atoms with Crippen molar-refractivity contribution in [2.75, 3.05) is 31.2 Å². The summed E-state index contributed by atoms with van der Waals surface area (Å²) >= 11 is 35.7. The number of aromatic nitrogens is 1. The van der Waals surface area contributed by atoms with Crippen LogP contribution in [0.3, 0.4) is 0 Å². The molecule has 3 aromatic rings. The number of amides is 3. The molecule has 2 aromatic carbocycles. The Morgan fingerprint density at radius 3 is 2.30 bits per heavy atom. The van der Waals surface area contributed by atoms with Crippen LogP contribution in [0.15, 0.2) is 70.7 Å². The van der Waals surface area contributed by atoms with E-state index in [1.165, 1.54) is 44.0 Å². The van der Waals surface area contributed by atoms with Gasteiger partial charge in [0.15, 0.2) is 4.34 Å². The van der Waals surface area contributed by atoms with E-state index in [0.717, 1.165) is 19.5 Å². The van der Waals surface area contributed by atoms with Crippen molar-refractivity contribution in [1.29, 1.82) is 0 Å². The van der Waals surface area contributed by atoms with Crippen molar-refractivity contribution in [3.8, 4) is 0 Å². The van der Waals surface area contributed by atoms with Crippen molar-refractivity contribution in [2.24, 2.45) is 5.92 Å². The highest BCUT2D eigenvalue weighted by atomic mass is 35.6. The first-order chi connectivity index (χ1) is 22.1. The van der Waals surface area contributed by atoms with Gasteiger partial charge in [0.1, 0.15) is 31.7 Å². The van der Waals surface area contributed by atoms with E-state index in [1.807, 2.05) is 24.3 Å². The number of halogens is 6. The molecule has 1 aliphatic heterocycles. The van der Waals surface area contributed by atoms with Crippen LogP contribution in [0.4, 0.5) is 10.5 Å². The Bertz CT molecular complexity index is 1600. The molecule has 3 amide bonds. The van der Waals surface area contributed by atoms with Gasteiger partial charge in [0, 0.05) is 11.9 Å². The molecule has 47 heavy (non-hydrogen) atoms. The fourth-order valence-electron chi connectivity index (χ4n) is 4.11. The number of fused-ring (bicyclic) bond motifs is 1. The molecule has 0 saturated carbocycles. The molecule has 2 heterocycles. The number of benzene rings is 2. The highest BCUT2D eigenvalue weighted by molar-refractivity contribution is 8.77. The van der Waals surface area contributed by atoms with Crippen molar-refractivity contribution < 1.29 is 28.7 Å². The minimum absolute atomic E-state index is 0.368. The van der Waals surface area contributed by atoms with Gasteiger partial charge in [-0.2, -0.15) is 0 Å². The van der Waals surface area contributed by atoms with Crippen LogP contribution in [-0.2, 0) is 23.9 Å². The molecule has 0 radical (unpaired) electrons. The third kappa shape index (κ3) is 11.4. The molecule has 2 unspecified atom stereocenters. The van der Waals surface area contributed by atoms with Crippen LogP contribution in [0.2, 0.25) is 0 Å². The van der Waals surface area contributed by atoms with Crippen molar-refractivity contribution in [1.82, 2.24) is 15.2 Å². The number of hydrogen-bond donors (Lipinski definition) is 1. The van der Waals surface area contributed by atoms with E-state index in [-0.39, 0.29) is 12.5 Å². The van der Waals surface area contributed by atoms with Crippen molar-refractivity contribution in [2.45, 2.75) is 24.2 Å². The highest BCUT2D eigenvalue weighted by Crippen LogP contribution is 2.48. The van der Waals surface area contributed by atoms with Crippen LogP contribution in [0, 0.1) is 5.92 Å². The minimum Gasteiger partial charge on any atom is -0.460 e. The number of hydrogen-bond acceptors (Lipinski definition) is 10. The number of ether oxygens (including phenoxy) is 2. The van der Waals surface area contributed by atoms with E-state index in [4.69, 9.17) is 79.1 Å². The molecule has 0 spiro atoms. The second kappa shape index (κ2) is 16.7. The maximum Gasteiger partial charge on any atom is 0.414 e. The Hall–Kier alpha value is -1.81. The summed E-state index contributed by atoms with van der Waals surface area (Å²) in [6.45, 7) is -0.175. The summed E-state index contributed by atoms with van der Waals surface area (Å²) in [6.07, 6.45) is 0.475. The quantitative estimate of drug-likeness (QED) is 0.0847. The van der Waals surface area contributed by atoms with Crippen LogP contribution >= 0.6 is 103 Å². The smallest absolute Gasteiger partial charge is 0.414 e. The molecule has 0 aliphatic carbocycles. The van der Waals surface area contributed by atoms with Gasteiger partial charge in [0.25, 0.3) is 0 Å². The average molecular weight is 821 g/mol. The number of esters is 1. The Labute approximate surface area is 311 Å². The first-order valence-electron chi connectivity index (χ1n) is 13.3. The zero-order valence-electron chi connectivity index (χ0n) is 24.0. The van der Waals surface area contributed by atoms with Crippen LogP contribution in [0.1, 0.15) is 6.92 Å². The number of thiazole rings is 1. The summed E-state index contributed by atoms with van der Waals surface area (Å²) in [5.74, 6) is -2.42. The number of anilines is 1. The average Bonchev–Trinajstić information content (AvgIpc) is 3.43. The van der Waals surface area contributed by atoms with Crippen molar-refractivity contribution in [3.05, 3.63) is 66.4 Å². The zero-order chi connectivity index (χ0) is 34.4. The van der Waals surface area contributed by atoms with Gasteiger partial charge in [-0.25, -0.2) is 9.78 Å². The highest BCUT2D eigenvalue weighted by Gasteiger charge is 2.50. The van der Waals surface area contributed by atoms with Gasteiger partial charge in [0.05, 0.1) is 16.1 Å². The maximum atomic E-state index is 13.3. The van der Waals surface area contributed by atoms with Gasteiger partial charge >= 0.3 is 12.1 Å². The fourth-order valence-corrected chi connectivity index (χ4v) is 8.54. The van der Waals surface area contributed by atoms with E-state index in [9.17, 15) is 19.2 Å². The molecule has 1 aliphatic rings. The second-order valence-electron chi connectivity index (χ2n) is 9.78. The number of β-lactam (4-membered cyclic amide) rings is 1. The van der Waals surface area contributed by atoms with Crippen LogP contribution in [0.5, 0.6) is 0 Å². The van der Waals surface area contributed by atoms with Crippen molar-refractivity contribution in [3.63, 3.8) is 0 Å². The fraction of sp³-hybridized carbons (Fsp3) is 0.321. The lowest BCUT2D eigenvalue weighted by molar-refractivity contribution is -0.158. The monoisotopic (exact) mass is 818 g/mol. The number of likely N-dealkylation sites (tertiary alicyclic amines) is 1. The number of carbonyl (C=O) groups excluding carboxylic acids is 4. The van der Waals surface area contributed by atoms with Gasteiger partial charge in [-0.05, 0) is 47.6 Å². The number of nitrogens with one attached hydrogen (secondary N) is 1. The van der Waals surface area contributed by atoms with Crippen LogP contribution < -0.4 is 10.2 Å². The van der Waals surface area contributed by atoms with Gasteiger partial charge in [0.2, 0.25) is 19.4 Å². The Morgan fingerprint density at radius 1 is 1.00 bits per heavy atom. The molecular formula is C28H24Cl6N4O6S3. The lowest BCUT2D eigenvalue weighted by Gasteiger charge is -2.46. The molecule has 0 bridgehead atoms. The van der Waals surface area contributed by atoms with Crippen molar-refractivity contribution >= 4 is 142 Å². The lowest BCUT2D eigenvalue weighted by Crippen LogP contribution is -2.61. The summed E-state index contributed by atoms with van der Waals surface area (Å²) < 4.78 is 8.21. The first-order valence-corrected chi connectivity index (χ1v) is 18.6. The van der Waals surface area contributed by atoms with E-state index in [0.29, 0.717) is 11.3 Å². The summed E-state index contributed by atoms with van der Waals surface area (Å²) in [5, 5.41) is 2.09. The summed E-state index contributed by atoms with van der Waals surface area (Å²) in [7, 11) is 2.68. The SMILES string of the molecule is CC(=CNC(=O)CN(C(=O)OCC(Cl)(Cl)Cl)c1ccccc1)C1C(=O)N(CC(=O)OCC(Cl)(Cl)Cl)C1SSc1nc2ccccc2s1. The summed E-state index contributed by atoms with van der Waals surface area (Å²) in [6, 6.07) is 16.0. The minimum atomic E-state index is -1.84. The van der Waals surface area contributed by atoms with Gasteiger partial charge in [-0.15, -0.1) is 11.3 Å². The summed E-state index contributed by atoms with van der Waals surface area (Å²) in [4.78, 5) is 58.6. The normalized spacial score (nSPS) is 16.9. The maximum absolute atomic E-state index is 13.3. The topological polar surface area (TPSA) is 118 Å². The molecule has 4 rings (SSSR count). The number of rotatable bonds is 12. The zero-order valence-corrected chi connectivity index (χ0v) is 31.0. The molecule has 19 heteroatoms. The van der Waals surface area contributed by atoms with Gasteiger partial charge < -0.3 is 19.7 Å². The molecule has 1 fully saturated rings. The molecule has 252 valence electrons. The lowest BCUT2D eigenvalue weighted by atomic mass is 9.91. The number of carbonyl (C=O) groups is 4. The predicted molar refractivity (Wildman–Crippen MR) is 191 cm³/mol. The van der Waals surface area contributed by atoms with E-state index in [2.05, 4.69) is 10.3 Å². The summed E-state index contributed by atoms with van der Waals surface area (Å²) in [5.41, 5.74) is 1.71. The third-order valence-electron chi connectivity index (χ3n) is 6.23. The largest absolute Gasteiger partial charge is 0.460 e. The Morgan fingerprint density at radius 2 is 1.64 bits per heavy atom. The van der Waals surface area contributed by atoms with E-state index < -0.39 is 56.6 Å². The standard InChI is InChI=1S/C28H24Cl6N4O6S3/c1-16(11-35-20(39)12-37(17-7-3-2-4-8-17)26(42)44-15-28(32,33)34)22-23(41)38(13-21(40)43-14-27(29,30)31)24(22)46-47-25-36-18-9-5-6-10-19(18)45-25/h2-11,22,24H,12-15H2,1H3,(H,35,39). The van der Waals surface area contributed by atoms with Crippen LogP contribution in [-0.4, -0.2) is 73.0 Å². The second-order valence-corrected chi connectivity index (χ2v) is 18.4. The van der Waals surface area contributed by atoms with Gasteiger partial charge in [-0.1, -0.05) is 111 Å². The number of nitrogens with zero attached hydrogens (tertiary/aromatic N) is 3. The molecular weight excluding hydrogens is 797 g/mol. The Kier molecular flexibility index (Phi) is 13.5.